The van der Waals surface area contributed by atoms with Gasteiger partial charge in [0.25, 0.3) is 5.78 Å². The van der Waals surface area contributed by atoms with E-state index in [2.05, 4.69) is 4.90 Å². The zero-order valence-corrected chi connectivity index (χ0v) is 13.7. The Morgan fingerprint density at radius 1 is 1.18 bits per heavy atom. The van der Waals surface area contributed by atoms with Crippen molar-refractivity contribution in [2.75, 3.05) is 18.1 Å². The maximum Gasteiger partial charge on any atom is 0.300 e. The molecule has 22 heavy (non-hydrogen) atoms. The molecule has 0 atom stereocenters. The molecule has 2 aromatic rings. The highest BCUT2D eigenvalue weighted by molar-refractivity contribution is 7.16. The second-order valence-corrected chi connectivity index (χ2v) is 6.87. The van der Waals surface area contributed by atoms with Crippen molar-refractivity contribution >= 4 is 40.3 Å². The van der Waals surface area contributed by atoms with E-state index in [9.17, 15) is 9.59 Å². The van der Waals surface area contributed by atoms with E-state index >= 15 is 0 Å². The number of halogens is 1. The first-order chi connectivity index (χ1) is 10.6. The molecule has 3 rings (SSSR count). The van der Waals surface area contributed by atoms with Crippen LogP contribution in [-0.4, -0.2) is 29.8 Å². The van der Waals surface area contributed by atoms with Gasteiger partial charge in [-0.05, 0) is 30.8 Å². The Balaban J connectivity index is 1.79. The van der Waals surface area contributed by atoms with Crippen molar-refractivity contribution in [3.8, 4) is 0 Å². The number of para-hydroxylation sites is 1. The second-order valence-electron chi connectivity index (χ2n) is 5.07. The van der Waals surface area contributed by atoms with Gasteiger partial charge in [0.05, 0.1) is 22.3 Å². The van der Waals surface area contributed by atoms with Gasteiger partial charge in [-0.1, -0.05) is 30.7 Å². The van der Waals surface area contributed by atoms with Gasteiger partial charge in [0.15, 0.2) is 0 Å². The van der Waals surface area contributed by atoms with Crippen LogP contribution in [0.25, 0.3) is 0 Å². The molecule has 1 aromatic heterocycles. The number of nitrogens with zero attached hydrogens (tertiary/aromatic N) is 2. The van der Waals surface area contributed by atoms with E-state index in [1.165, 1.54) is 11.3 Å². The Morgan fingerprint density at radius 2 is 1.95 bits per heavy atom. The predicted octanol–water partition coefficient (Wildman–Crippen LogP) is 3.41. The molecule has 0 unspecified atom stereocenters. The highest BCUT2D eigenvalue weighted by Gasteiger charge is 2.35. The summed E-state index contributed by atoms with van der Waals surface area (Å²) in [7, 11) is 0. The fraction of sp³-hybridized carbons (Fsp3) is 0.250. The summed E-state index contributed by atoms with van der Waals surface area (Å²) in [5.74, 6) is -0.880. The van der Waals surface area contributed by atoms with Crippen LogP contribution in [0.3, 0.4) is 0 Å². The fourth-order valence-electron chi connectivity index (χ4n) is 2.51. The van der Waals surface area contributed by atoms with Gasteiger partial charge in [-0.25, -0.2) is 0 Å². The number of Topliss-reactive ketones (excluding diaryl/α,β-unsaturated/α-hetero) is 1. The molecule has 0 saturated carbocycles. The lowest BCUT2D eigenvalue weighted by molar-refractivity contribution is -0.114. The minimum Gasteiger partial charge on any atom is -0.291 e. The number of rotatable bonds is 5. The van der Waals surface area contributed by atoms with Gasteiger partial charge >= 0.3 is 5.91 Å². The van der Waals surface area contributed by atoms with E-state index in [0.29, 0.717) is 24.5 Å². The topological polar surface area (TPSA) is 40.6 Å². The molecule has 2 heterocycles. The molecule has 1 amide bonds. The van der Waals surface area contributed by atoms with E-state index in [1.54, 1.807) is 17.0 Å². The first-order valence-electron chi connectivity index (χ1n) is 7.02. The summed E-state index contributed by atoms with van der Waals surface area (Å²) in [6, 6.07) is 11.0. The average Bonchev–Trinajstić information content (AvgIpc) is 3.04. The second kappa shape index (κ2) is 6.20. The van der Waals surface area contributed by atoms with Gasteiger partial charge in [-0.2, -0.15) is 0 Å². The summed E-state index contributed by atoms with van der Waals surface area (Å²) < 4.78 is 0.754. The lowest BCUT2D eigenvalue weighted by Crippen LogP contribution is -2.40. The number of fused-ring (bicyclic) bond motifs is 1. The monoisotopic (exact) mass is 334 g/mol. The smallest absolute Gasteiger partial charge is 0.291 e. The first-order valence-corrected chi connectivity index (χ1v) is 8.21. The minimum atomic E-state index is -0.455. The molecule has 1 aromatic carbocycles. The molecule has 0 N–H and O–H groups in total. The first kappa shape index (κ1) is 15.2. The SMILES string of the molecule is CCN(Cc1ccc(Cl)s1)CN1C(=O)C(=O)c2ccccc21. The Bertz CT molecular complexity index is 728. The van der Waals surface area contributed by atoms with Crippen LogP contribution in [0, 0.1) is 0 Å². The van der Waals surface area contributed by atoms with Gasteiger partial charge in [-0.15, -0.1) is 11.3 Å². The Kier molecular flexibility index (Phi) is 4.29. The van der Waals surface area contributed by atoms with Crippen molar-refractivity contribution in [2.45, 2.75) is 13.5 Å². The standard InChI is InChI=1S/C16H15ClN2O2S/c1-2-18(9-11-7-8-14(17)22-11)10-19-13-6-4-3-5-12(13)15(20)16(19)21/h3-8H,2,9-10H2,1H3. The lowest BCUT2D eigenvalue weighted by Gasteiger charge is -2.26. The van der Waals surface area contributed by atoms with Crippen molar-refractivity contribution in [1.29, 1.82) is 0 Å². The molecule has 0 bridgehead atoms. The quantitative estimate of drug-likeness (QED) is 0.787. The van der Waals surface area contributed by atoms with Gasteiger partial charge in [-0.3, -0.25) is 19.4 Å². The number of anilines is 1. The van der Waals surface area contributed by atoms with Gasteiger partial charge in [0.1, 0.15) is 0 Å². The maximum absolute atomic E-state index is 12.2. The summed E-state index contributed by atoms with van der Waals surface area (Å²) in [5.41, 5.74) is 1.18. The molecule has 0 radical (unpaired) electrons. The Morgan fingerprint density at radius 3 is 2.64 bits per heavy atom. The molecule has 0 spiro atoms. The number of hydrogen-bond donors (Lipinski definition) is 0. The Labute approximate surface area is 137 Å². The molecule has 114 valence electrons. The van der Waals surface area contributed by atoms with Crippen LogP contribution in [0.5, 0.6) is 0 Å². The van der Waals surface area contributed by atoms with Crippen molar-refractivity contribution < 1.29 is 9.59 Å². The zero-order valence-electron chi connectivity index (χ0n) is 12.1. The van der Waals surface area contributed by atoms with E-state index in [1.807, 2.05) is 31.2 Å². The molecular weight excluding hydrogens is 320 g/mol. The molecule has 0 fully saturated rings. The number of thiophene rings is 1. The summed E-state index contributed by atoms with van der Waals surface area (Å²) >= 11 is 7.49. The normalized spacial score (nSPS) is 14.0. The number of carbonyl (C=O) groups is 2. The number of carbonyl (C=O) groups excluding carboxylic acids is 2. The van der Waals surface area contributed by atoms with E-state index < -0.39 is 11.7 Å². The third-order valence-corrected chi connectivity index (χ3v) is 4.89. The van der Waals surface area contributed by atoms with E-state index in [-0.39, 0.29) is 0 Å². The average molecular weight is 335 g/mol. The van der Waals surface area contributed by atoms with Crippen LogP contribution in [-0.2, 0) is 11.3 Å². The summed E-state index contributed by atoms with van der Waals surface area (Å²) in [5, 5.41) is 0. The van der Waals surface area contributed by atoms with E-state index in [4.69, 9.17) is 11.6 Å². The van der Waals surface area contributed by atoms with Crippen LogP contribution < -0.4 is 4.90 Å². The summed E-state index contributed by atoms with van der Waals surface area (Å²) in [4.78, 5) is 29.0. The molecule has 0 aliphatic carbocycles. The highest BCUT2D eigenvalue weighted by Crippen LogP contribution is 2.29. The van der Waals surface area contributed by atoms with Crippen molar-refractivity contribution in [2.24, 2.45) is 0 Å². The van der Waals surface area contributed by atoms with Crippen LogP contribution in [0.1, 0.15) is 22.2 Å². The lowest BCUT2D eigenvalue weighted by atomic mass is 10.1. The molecule has 1 aliphatic heterocycles. The molecular formula is C16H15ClN2O2S. The molecule has 6 heteroatoms. The van der Waals surface area contributed by atoms with Crippen LogP contribution in [0.15, 0.2) is 36.4 Å². The van der Waals surface area contributed by atoms with Crippen molar-refractivity contribution in [3.05, 3.63) is 51.2 Å². The third kappa shape index (κ3) is 2.79. The molecule has 4 nitrogen and oxygen atoms in total. The predicted molar refractivity (Wildman–Crippen MR) is 88.5 cm³/mol. The van der Waals surface area contributed by atoms with Gasteiger partial charge in [0, 0.05) is 11.4 Å². The number of hydrogen-bond acceptors (Lipinski definition) is 4. The number of ketones is 1. The maximum atomic E-state index is 12.2. The highest BCUT2D eigenvalue weighted by atomic mass is 35.5. The van der Waals surface area contributed by atoms with Crippen molar-refractivity contribution in [3.63, 3.8) is 0 Å². The fourth-order valence-corrected chi connectivity index (χ4v) is 3.64. The minimum absolute atomic E-state index is 0.396. The van der Waals surface area contributed by atoms with Gasteiger partial charge < -0.3 is 0 Å². The number of benzene rings is 1. The van der Waals surface area contributed by atoms with E-state index in [0.717, 1.165) is 15.8 Å². The van der Waals surface area contributed by atoms with Crippen molar-refractivity contribution in [1.82, 2.24) is 4.90 Å². The third-order valence-electron chi connectivity index (χ3n) is 3.68. The molecule has 1 aliphatic rings. The van der Waals surface area contributed by atoms with Gasteiger partial charge in [0.2, 0.25) is 0 Å². The number of amides is 1. The summed E-state index contributed by atoms with van der Waals surface area (Å²) in [6.45, 7) is 3.90. The zero-order chi connectivity index (χ0) is 15.7. The van der Waals surface area contributed by atoms with Crippen LogP contribution in [0.2, 0.25) is 4.34 Å². The van der Waals surface area contributed by atoms with Crippen LogP contribution >= 0.6 is 22.9 Å². The Hall–Kier alpha value is -1.69. The molecule has 0 saturated heterocycles. The van der Waals surface area contributed by atoms with Crippen LogP contribution in [0.4, 0.5) is 5.69 Å². The largest absolute Gasteiger partial charge is 0.300 e. The summed E-state index contributed by atoms with van der Waals surface area (Å²) in [6.07, 6.45) is 0.